The number of benzene rings is 9. The summed E-state index contributed by atoms with van der Waals surface area (Å²) in [4.78, 5) is 0. The predicted molar refractivity (Wildman–Crippen MR) is 250 cm³/mol. The van der Waals surface area contributed by atoms with Gasteiger partial charge in [-0.25, -0.2) is 0 Å². The van der Waals surface area contributed by atoms with Gasteiger partial charge in [0.15, 0.2) is 0 Å². The molecule has 4 nitrogen and oxygen atoms in total. The summed E-state index contributed by atoms with van der Waals surface area (Å²) in [6.45, 7) is 6.98. The minimum atomic E-state index is -0.0446. The largest absolute Gasteiger partial charge is 0.377 e. The molecule has 1 aliphatic carbocycles. The van der Waals surface area contributed by atoms with Crippen molar-refractivity contribution < 1.29 is 0 Å². The summed E-state index contributed by atoms with van der Waals surface area (Å²) in [5.74, 6) is 0. The molecule has 2 heterocycles. The van der Waals surface area contributed by atoms with Gasteiger partial charge in [-0.2, -0.15) is 0 Å². The van der Waals surface area contributed by atoms with Gasteiger partial charge in [0, 0.05) is 44.1 Å². The van der Waals surface area contributed by atoms with E-state index in [0.29, 0.717) is 0 Å². The van der Waals surface area contributed by atoms with Gasteiger partial charge in [-0.05, 0) is 93.4 Å². The SMILES string of the molecule is CC(Nc1ccccc1Nn1c2ccc(-n3c4ccccc4c4ccc5ccccc5c43)cc2c2c3ccccc3ccc21)c1cccc2c1-c1ccccc1C2(C)C. The number of hydrogen-bond acceptors (Lipinski definition) is 2. The monoisotopic (exact) mass is 758 g/mol. The van der Waals surface area contributed by atoms with Crippen molar-refractivity contribution in [3.05, 3.63) is 199 Å². The highest BCUT2D eigenvalue weighted by Gasteiger charge is 2.37. The lowest BCUT2D eigenvalue weighted by Gasteiger charge is -2.24. The number of rotatable bonds is 6. The molecule has 1 unspecified atom stereocenters. The average molecular weight is 759 g/mol. The fourth-order valence-electron chi connectivity index (χ4n) is 10.3. The van der Waals surface area contributed by atoms with Gasteiger partial charge in [0.05, 0.1) is 33.4 Å². The van der Waals surface area contributed by atoms with Gasteiger partial charge in [0.1, 0.15) is 0 Å². The molecule has 0 saturated heterocycles. The molecule has 2 aromatic heterocycles. The Morgan fingerprint density at radius 2 is 1.15 bits per heavy atom. The molecule has 59 heavy (non-hydrogen) atoms. The summed E-state index contributed by atoms with van der Waals surface area (Å²) in [7, 11) is 0. The van der Waals surface area contributed by atoms with Crippen LogP contribution in [0.15, 0.2) is 182 Å². The lowest BCUT2D eigenvalue weighted by Crippen LogP contribution is -2.16. The second-order valence-corrected chi connectivity index (χ2v) is 16.7. The fourth-order valence-corrected chi connectivity index (χ4v) is 10.3. The Bertz CT molecular complexity index is 3510. The maximum absolute atomic E-state index is 3.95. The van der Waals surface area contributed by atoms with Gasteiger partial charge in [-0.3, -0.25) is 10.1 Å². The predicted octanol–water partition coefficient (Wildman–Crippen LogP) is 14.6. The number of fused-ring (bicyclic) bond motifs is 13. The molecule has 0 spiro atoms. The Morgan fingerprint density at radius 3 is 2.02 bits per heavy atom. The van der Waals surface area contributed by atoms with Crippen molar-refractivity contribution in [3.63, 3.8) is 0 Å². The van der Waals surface area contributed by atoms with Gasteiger partial charge in [-0.1, -0.05) is 153 Å². The number of nitrogens with one attached hydrogen (secondary N) is 2. The zero-order chi connectivity index (χ0) is 39.4. The van der Waals surface area contributed by atoms with Crippen LogP contribution in [0.2, 0.25) is 0 Å². The second kappa shape index (κ2) is 12.6. The lowest BCUT2D eigenvalue weighted by atomic mass is 9.82. The first kappa shape index (κ1) is 33.8. The Labute approximate surface area is 342 Å². The molecular formula is C55H42N4. The Morgan fingerprint density at radius 1 is 0.492 bits per heavy atom. The van der Waals surface area contributed by atoms with E-state index in [1.807, 2.05) is 0 Å². The normalized spacial score (nSPS) is 13.7. The first-order valence-corrected chi connectivity index (χ1v) is 20.7. The standard InChI is InChI=1S/C55H42N4/c1-34(38-21-14-23-46-52(38)43-20-8-10-22-45(43)55(46,2)3)56-47-24-11-12-25-48(47)57-59-50-32-29-37(33-44(50)53-39-17-6-4-15-35(39)28-31-51(53)59)58-49-26-13-9-19-41(49)42-30-27-36-16-5-7-18-40(36)54(42)58/h4-34,56-57H,1-3H3. The van der Waals surface area contributed by atoms with Crippen LogP contribution in [0.5, 0.6) is 0 Å². The Balaban J connectivity index is 1.02. The van der Waals surface area contributed by atoms with Gasteiger partial charge < -0.3 is 9.88 Å². The molecule has 1 aliphatic rings. The molecule has 0 radical (unpaired) electrons. The Kier molecular flexibility index (Phi) is 7.22. The number of aromatic nitrogens is 2. The van der Waals surface area contributed by atoms with E-state index >= 15 is 0 Å². The van der Waals surface area contributed by atoms with Crippen molar-refractivity contribution in [2.24, 2.45) is 0 Å². The molecule has 282 valence electrons. The molecule has 9 aromatic carbocycles. The number of nitrogens with zero attached hydrogens (tertiary/aromatic N) is 2. The summed E-state index contributed by atoms with van der Waals surface area (Å²) >= 11 is 0. The van der Waals surface area contributed by atoms with Crippen molar-refractivity contribution in [1.29, 1.82) is 0 Å². The van der Waals surface area contributed by atoms with E-state index in [1.165, 1.54) is 81.9 Å². The molecule has 0 saturated carbocycles. The molecule has 0 aliphatic heterocycles. The van der Waals surface area contributed by atoms with Crippen LogP contribution in [0, 0.1) is 0 Å². The summed E-state index contributed by atoms with van der Waals surface area (Å²) in [5.41, 5.74) is 18.6. The summed E-state index contributed by atoms with van der Waals surface area (Å²) < 4.78 is 4.75. The fraction of sp³-hybridized carbons (Fsp3) is 0.0909. The molecule has 1 atom stereocenters. The number of anilines is 2. The summed E-state index contributed by atoms with van der Waals surface area (Å²) in [5, 5.41) is 13.9. The van der Waals surface area contributed by atoms with E-state index in [2.05, 4.69) is 223 Å². The molecule has 0 fully saturated rings. The maximum Gasteiger partial charge on any atom is 0.0777 e. The molecule has 0 bridgehead atoms. The van der Waals surface area contributed by atoms with Crippen LogP contribution in [0.1, 0.15) is 43.5 Å². The third-order valence-electron chi connectivity index (χ3n) is 13.1. The van der Waals surface area contributed by atoms with E-state index in [1.54, 1.807) is 0 Å². The lowest BCUT2D eigenvalue weighted by molar-refractivity contribution is 0.659. The van der Waals surface area contributed by atoms with E-state index < -0.39 is 0 Å². The number of para-hydroxylation sites is 3. The quantitative estimate of drug-likeness (QED) is 0.177. The van der Waals surface area contributed by atoms with Gasteiger partial charge in [0.25, 0.3) is 0 Å². The van der Waals surface area contributed by atoms with Crippen LogP contribution < -0.4 is 10.7 Å². The van der Waals surface area contributed by atoms with Gasteiger partial charge in [0.2, 0.25) is 0 Å². The van der Waals surface area contributed by atoms with Crippen molar-refractivity contribution in [2.75, 3.05) is 10.7 Å². The molecular weight excluding hydrogens is 717 g/mol. The van der Waals surface area contributed by atoms with Gasteiger partial charge in [-0.15, -0.1) is 0 Å². The molecule has 4 heteroatoms. The zero-order valence-corrected chi connectivity index (χ0v) is 33.3. The van der Waals surface area contributed by atoms with Crippen LogP contribution in [-0.4, -0.2) is 9.24 Å². The third-order valence-corrected chi connectivity index (χ3v) is 13.1. The molecule has 2 N–H and O–H groups in total. The van der Waals surface area contributed by atoms with Crippen molar-refractivity contribution in [3.8, 4) is 16.8 Å². The smallest absolute Gasteiger partial charge is 0.0777 e. The highest BCUT2D eigenvalue weighted by atomic mass is 15.4. The minimum absolute atomic E-state index is 0.0446. The van der Waals surface area contributed by atoms with Crippen molar-refractivity contribution in [2.45, 2.75) is 32.2 Å². The van der Waals surface area contributed by atoms with Crippen LogP contribution >= 0.6 is 0 Å². The summed E-state index contributed by atoms with van der Waals surface area (Å²) in [6.07, 6.45) is 0. The average Bonchev–Trinajstić information content (AvgIpc) is 3.87. The Hall–Kier alpha value is -7.30. The van der Waals surface area contributed by atoms with E-state index in [9.17, 15) is 0 Å². The first-order chi connectivity index (χ1) is 29.0. The second-order valence-electron chi connectivity index (χ2n) is 16.7. The van der Waals surface area contributed by atoms with Gasteiger partial charge >= 0.3 is 0 Å². The zero-order valence-electron chi connectivity index (χ0n) is 33.3. The number of hydrogen-bond donors (Lipinski definition) is 2. The minimum Gasteiger partial charge on any atom is -0.377 e. The van der Waals surface area contributed by atoms with Crippen molar-refractivity contribution >= 4 is 76.5 Å². The molecule has 11 aromatic rings. The topological polar surface area (TPSA) is 33.9 Å². The van der Waals surface area contributed by atoms with Crippen LogP contribution in [0.4, 0.5) is 11.4 Å². The van der Waals surface area contributed by atoms with E-state index in [-0.39, 0.29) is 11.5 Å². The van der Waals surface area contributed by atoms with E-state index in [4.69, 9.17) is 0 Å². The third kappa shape index (κ3) is 4.90. The van der Waals surface area contributed by atoms with Crippen molar-refractivity contribution in [1.82, 2.24) is 9.24 Å². The highest BCUT2D eigenvalue weighted by molar-refractivity contribution is 6.22. The van der Waals surface area contributed by atoms with Crippen LogP contribution in [-0.2, 0) is 5.41 Å². The highest BCUT2D eigenvalue weighted by Crippen LogP contribution is 2.51. The molecule has 12 rings (SSSR count). The van der Waals surface area contributed by atoms with Crippen LogP contribution in [0.25, 0.3) is 82.0 Å². The first-order valence-electron chi connectivity index (χ1n) is 20.7. The van der Waals surface area contributed by atoms with E-state index in [0.717, 1.165) is 28.1 Å². The molecule has 0 amide bonds. The summed E-state index contributed by atoms with van der Waals surface area (Å²) in [6, 6.07) is 66.7. The van der Waals surface area contributed by atoms with Crippen LogP contribution in [0.3, 0.4) is 0 Å². The maximum atomic E-state index is 3.95.